The van der Waals surface area contributed by atoms with Gasteiger partial charge in [0.05, 0.1) is 12.6 Å². The second-order valence-corrected chi connectivity index (χ2v) is 5.07. The largest absolute Gasteiger partial charge is 0.491 e. The number of benzene rings is 1. The Labute approximate surface area is 119 Å². The number of hydrogen-bond donors (Lipinski definition) is 1. The van der Waals surface area contributed by atoms with Crippen LogP contribution in [0.4, 0.5) is 0 Å². The summed E-state index contributed by atoms with van der Waals surface area (Å²) in [5, 5.41) is 7.22. The van der Waals surface area contributed by atoms with Gasteiger partial charge in [-0.1, -0.05) is 17.3 Å². The van der Waals surface area contributed by atoms with Gasteiger partial charge >= 0.3 is 0 Å². The van der Waals surface area contributed by atoms with Crippen LogP contribution in [0.3, 0.4) is 0 Å². The number of hydrogen-bond acceptors (Lipinski definition) is 5. The summed E-state index contributed by atoms with van der Waals surface area (Å²) >= 11 is 0. The summed E-state index contributed by atoms with van der Waals surface area (Å²) in [6.07, 6.45) is 0.192. The Morgan fingerprint density at radius 2 is 1.90 bits per heavy atom. The van der Waals surface area contributed by atoms with E-state index in [-0.39, 0.29) is 12.1 Å². The normalized spacial score (nSPS) is 12.7. The summed E-state index contributed by atoms with van der Waals surface area (Å²) in [7, 11) is 0. The fourth-order valence-electron chi connectivity index (χ4n) is 1.88. The first-order chi connectivity index (χ1) is 9.54. The quantitative estimate of drug-likeness (QED) is 0.878. The lowest BCUT2D eigenvalue weighted by molar-refractivity contribution is 0.242. The highest BCUT2D eigenvalue weighted by Gasteiger charge is 2.08. The summed E-state index contributed by atoms with van der Waals surface area (Å²) in [6, 6.07) is 8.33. The fourth-order valence-corrected chi connectivity index (χ4v) is 1.88. The number of aromatic nitrogens is 2. The maximum absolute atomic E-state index is 5.63. The van der Waals surface area contributed by atoms with E-state index >= 15 is 0 Å². The van der Waals surface area contributed by atoms with Crippen LogP contribution in [0.1, 0.15) is 44.1 Å². The number of nitrogens with zero attached hydrogens (tertiary/aromatic N) is 2. The van der Waals surface area contributed by atoms with E-state index in [9.17, 15) is 0 Å². The van der Waals surface area contributed by atoms with Gasteiger partial charge in [-0.15, -0.1) is 0 Å². The molecular formula is C15H21N3O2. The van der Waals surface area contributed by atoms with Gasteiger partial charge in [0.2, 0.25) is 5.89 Å². The van der Waals surface area contributed by atoms with Gasteiger partial charge in [0.25, 0.3) is 0 Å². The molecule has 0 spiro atoms. The van der Waals surface area contributed by atoms with Crippen LogP contribution >= 0.6 is 0 Å². The molecule has 5 nitrogen and oxygen atoms in total. The molecule has 0 saturated heterocycles. The van der Waals surface area contributed by atoms with Crippen molar-refractivity contribution < 1.29 is 9.26 Å². The van der Waals surface area contributed by atoms with Crippen molar-refractivity contribution >= 4 is 0 Å². The molecule has 5 heteroatoms. The van der Waals surface area contributed by atoms with E-state index < -0.39 is 0 Å². The Kier molecular flexibility index (Phi) is 4.74. The zero-order chi connectivity index (χ0) is 14.5. The maximum Gasteiger partial charge on any atom is 0.223 e. The van der Waals surface area contributed by atoms with Crippen LogP contribution in [0.15, 0.2) is 28.8 Å². The molecule has 0 aliphatic rings. The van der Waals surface area contributed by atoms with Crippen molar-refractivity contribution in [3.8, 4) is 5.75 Å². The third-order valence-electron chi connectivity index (χ3n) is 2.89. The summed E-state index contributed by atoms with van der Waals surface area (Å²) in [4.78, 5) is 4.16. The molecule has 0 radical (unpaired) electrons. The van der Waals surface area contributed by atoms with Crippen LogP contribution < -0.4 is 10.1 Å². The molecule has 0 amide bonds. The number of ether oxygens (including phenoxy) is 1. The lowest BCUT2D eigenvalue weighted by Crippen LogP contribution is -2.18. The van der Waals surface area contributed by atoms with Crippen LogP contribution in [0.2, 0.25) is 0 Å². The molecule has 1 N–H and O–H groups in total. The van der Waals surface area contributed by atoms with E-state index in [1.54, 1.807) is 6.92 Å². The minimum atomic E-state index is 0.192. The Hall–Kier alpha value is -1.88. The second kappa shape index (κ2) is 6.52. The van der Waals surface area contributed by atoms with Gasteiger partial charge < -0.3 is 14.6 Å². The summed E-state index contributed by atoms with van der Waals surface area (Å²) in [5.74, 6) is 2.16. The molecule has 0 saturated carbocycles. The van der Waals surface area contributed by atoms with Gasteiger partial charge in [-0.3, -0.25) is 0 Å². The number of nitrogens with one attached hydrogen (secondary N) is 1. The third-order valence-corrected chi connectivity index (χ3v) is 2.89. The minimum Gasteiger partial charge on any atom is -0.491 e. The van der Waals surface area contributed by atoms with Crippen molar-refractivity contribution in [2.45, 2.75) is 46.4 Å². The maximum atomic E-state index is 5.63. The van der Waals surface area contributed by atoms with Gasteiger partial charge in [-0.2, -0.15) is 4.98 Å². The van der Waals surface area contributed by atoms with Crippen molar-refractivity contribution in [3.63, 3.8) is 0 Å². The average Bonchev–Trinajstić information content (AvgIpc) is 2.82. The lowest BCUT2D eigenvalue weighted by Gasteiger charge is -2.14. The van der Waals surface area contributed by atoms with Crippen molar-refractivity contribution in [2.75, 3.05) is 0 Å². The zero-order valence-electron chi connectivity index (χ0n) is 12.4. The van der Waals surface area contributed by atoms with Crippen LogP contribution in [0, 0.1) is 6.92 Å². The van der Waals surface area contributed by atoms with Gasteiger partial charge in [0.1, 0.15) is 5.75 Å². The lowest BCUT2D eigenvalue weighted by atomic mass is 10.1. The first kappa shape index (κ1) is 14.5. The predicted molar refractivity (Wildman–Crippen MR) is 76.5 cm³/mol. The Morgan fingerprint density at radius 1 is 1.20 bits per heavy atom. The van der Waals surface area contributed by atoms with Crippen LogP contribution in [-0.2, 0) is 6.54 Å². The van der Waals surface area contributed by atoms with Crippen LogP contribution in [-0.4, -0.2) is 16.2 Å². The van der Waals surface area contributed by atoms with E-state index in [1.807, 2.05) is 26.0 Å². The van der Waals surface area contributed by atoms with E-state index in [4.69, 9.17) is 9.26 Å². The van der Waals surface area contributed by atoms with Crippen molar-refractivity contribution in [1.82, 2.24) is 15.5 Å². The van der Waals surface area contributed by atoms with Gasteiger partial charge in [-0.05, 0) is 38.5 Å². The molecule has 0 aliphatic carbocycles. The highest BCUT2D eigenvalue weighted by Crippen LogP contribution is 2.18. The molecule has 0 fully saturated rings. The molecule has 1 unspecified atom stereocenters. The highest BCUT2D eigenvalue weighted by atomic mass is 16.5. The number of rotatable bonds is 6. The first-order valence-corrected chi connectivity index (χ1v) is 6.84. The topological polar surface area (TPSA) is 60.2 Å². The van der Waals surface area contributed by atoms with Crippen molar-refractivity contribution in [2.24, 2.45) is 0 Å². The zero-order valence-corrected chi connectivity index (χ0v) is 12.4. The van der Waals surface area contributed by atoms with Crippen molar-refractivity contribution in [1.29, 1.82) is 0 Å². The standard InChI is InChI=1S/C15H21N3O2/c1-10(2)19-14-7-5-13(6-8-14)11(3)16-9-15-17-12(4)20-18-15/h5-8,10-11,16H,9H2,1-4H3. The van der Waals surface area contributed by atoms with E-state index in [1.165, 1.54) is 5.56 Å². The molecule has 1 aromatic carbocycles. The molecule has 0 aliphatic heterocycles. The van der Waals surface area contributed by atoms with Gasteiger partial charge in [0.15, 0.2) is 5.82 Å². The SMILES string of the molecule is Cc1nc(CNC(C)c2ccc(OC(C)C)cc2)no1. The molecule has 108 valence electrons. The summed E-state index contributed by atoms with van der Waals surface area (Å²) in [5.41, 5.74) is 1.20. The monoisotopic (exact) mass is 275 g/mol. The first-order valence-electron chi connectivity index (χ1n) is 6.84. The molecule has 2 rings (SSSR count). The highest BCUT2D eigenvalue weighted by molar-refractivity contribution is 5.29. The minimum absolute atomic E-state index is 0.192. The molecule has 2 aromatic rings. The number of aryl methyl sites for hydroxylation is 1. The van der Waals surface area contributed by atoms with E-state index in [0.29, 0.717) is 18.3 Å². The molecule has 1 heterocycles. The molecule has 1 aromatic heterocycles. The predicted octanol–water partition coefficient (Wildman–Crippen LogP) is 3.02. The molecule has 1 atom stereocenters. The van der Waals surface area contributed by atoms with E-state index in [0.717, 1.165) is 5.75 Å². The van der Waals surface area contributed by atoms with Crippen molar-refractivity contribution in [3.05, 3.63) is 41.5 Å². The summed E-state index contributed by atoms with van der Waals surface area (Å²) < 4.78 is 10.6. The van der Waals surface area contributed by atoms with E-state index in [2.05, 4.69) is 34.5 Å². The second-order valence-electron chi connectivity index (χ2n) is 5.07. The molecular weight excluding hydrogens is 254 g/mol. The van der Waals surface area contributed by atoms with Gasteiger partial charge in [-0.25, -0.2) is 0 Å². The fraction of sp³-hybridized carbons (Fsp3) is 0.467. The summed E-state index contributed by atoms with van der Waals surface area (Å²) in [6.45, 7) is 8.51. The van der Waals surface area contributed by atoms with Crippen LogP contribution in [0.5, 0.6) is 5.75 Å². The Bertz CT molecular complexity index is 534. The van der Waals surface area contributed by atoms with Crippen LogP contribution in [0.25, 0.3) is 0 Å². The Balaban J connectivity index is 1.90. The van der Waals surface area contributed by atoms with Gasteiger partial charge in [0, 0.05) is 13.0 Å². The molecule has 20 heavy (non-hydrogen) atoms. The third kappa shape index (κ3) is 4.06. The smallest absolute Gasteiger partial charge is 0.223 e. The Morgan fingerprint density at radius 3 is 2.45 bits per heavy atom. The average molecular weight is 275 g/mol. The molecule has 0 bridgehead atoms.